The molecule has 9 heteroatoms. The summed E-state index contributed by atoms with van der Waals surface area (Å²) in [5, 5.41) is 15.7. The molecule has 1 aromatic rings. The van der Waals surface area contributed by atoms with E-state index in [0.29, 0.717) is 0 Å². The van der Waals surface area contributed by atoms with Crippen LogP contribution in [0.15, 0.2) is 18.2 Å². The highest BCUT2D eigenvalue weighted by Gasteiger charge is 2.17. The average Bonchev–Trinajstić information content (AvgIpc) is 2.43. The van der Waals surface area contributed by atoms with E-state index in [0.717, 1.165) is 6.07 Å². The zero-order valence-electron chi connectivity index (χ0n) is 11.7. The fourth-order valence-corrected chi connectivity index (χ4v) is 1.59. The Morgan fingerprint density at radius 2 is 2.05 bits per heavy atom. The number of nitrogens with zero attached hydrogens (tertiary/aromatic N) is 1. The summed E-state index contributed by atoms with van der Waals surface area (Å²) >= 11 is 0. The molecule has 0 aliphatic carbocycles. The fourth-order valence-electron chi connectivity index (χ4n) is 1.59. The van der Waals surface area contributed by atoms with Crippen molar-refractivity contribution in [3.63, 3.8) is 0 Å². The largest absolute Gasteiger partial charge is 0.352 e. The quantitative estimate of drug-likeness (QED) is 0.334. The number of nitrogens with two attached hydrogens (primary N) is 1. The molecule has 1 rings (SSSR count). The van der Waals surface area contributed by atoms with Crippen molar-refractivity contribution in [1.82, 2.24) is 10.6 Å². The minimum Gasteiger partial charge on any atom is -0.352 e. The number of carbonyl (C=O) groups excluding carboxylic acids is 2. The number of nitro benzene ring substituents is 1. The summed E-state index contributed by atoms with van der Waals surface area (Å²) < 4.78 is 0. The van der Waals surface area contributed by atoms with Crippen LogP contribution in [-0.2, 0) is 4.79 Å². The van der Waals surface area contributed by atoms with E-state index >= 15 is 0 Å². The molecule has 0 saturated carbocycles. The molecule has 1 aromatic carbocycles. The Kier molecular flexibility index (Phi) is 5.61. The molecule has 0 unspecified atom stereocenters. The second-order valence-electron chi connectivity index (χ2n) is 4.54. The van der Waals surface area contributed by atoms with Gasteiger partial charge in [-0.2, -0.15) is 0 Å². The number of carbonyl (C=O) groups is 2. The lowest BCUT2D eigenvalue weighted by molar-refractivity contribution is -0.384. The maximum Gasteiger partial charge on any atom is 0.270 e. The van der Waals surface area contributed by atoms with Gasteiger partial charge in [0.1, 0.15) is 0 Å². The van der Waals surface area contributed by atoms with Gasteiger partial charge in [-0.05, 0) is 19.9 Å². The summed E-state index contributed by atoms with van der Waals surface area (Å²) in [5.74, 6) is 4.27. The van der Waals surface area contributed by atoms with Crippen LogP contribution in [0.25, 0.3) is 0 Å². The molecule has 0 fully saturated rings. The molecule has 0 atom stereocenters. The Hall–Kier alpha value is -2.68. The van der Waals surface area contributed by atoms with Gasteiger partial charge in [0.2, 0.25) is 5.91 Å². The maximum atomic E-state index is 12.0. The van der Waals surface area contributed by atoms with Crippen molar-refractivity contribution >= 4 is 23.2 Å². The minimum absolute atomic E-state index is 0.0101. The molecule has 2 amide bonds. The average molecular weight is 295 g/mol. The van der Waals surface area contributed by atoms with Gasteiger partial charge in [-0.1, -0.05) is 0 Å². The molecule has 0 saturated heterocycles. The highest BCUT2D eigenvalue weighted by atomic mass is 16.6. The molecule has 9 nitrogen and oxygen atoms in total. The number of anilines is 1. The van der Waals surface area contributed by atoms with E-state index in [9.17, 15) is 19.7 Å². The molecule has 5 N–H and O–H groups in total. The Balaban J connectivity index is 2.83. The molecule has 0 radical (unpaired) electrons. The van der Waals surface area contributed by atoms with E-state index in [1.807, 2.05) is 0 Å². The van der Waals surface area contributed by atoms with Crippen LogP contribution in [0.3, 0.4) is 0 Å². The summed E-state index contributed by atoms with van der Waals surface area (Å²) in [4.78, 5) is 33.5. The second-order valence-corrected chi connectivity index (χ2v) is 4.54. The monoisotopic (exact) mass is 295 g/mol. The van der Waals surface area contributed by atoms with Crippen LogP contribution in [0.4, 0.5) is 11.4 Å². The lowest BCUT2D eigenvalue weighted by Crippen LogP contribution is -2.40. The van der Waals surface area contributed by atoms with Crippen molar-refractivity contribution < 1.29 is 14.5 Å². The third kappa shape index (κ3) is 4.73. The summed E-state index contributed by atoms with van der Waals surface area (Å²) in [5.41, 5.74) is 2.25. The highest BCUT2D eigenvalue weighted by molar-refractivity contribution is 6.01. The van der Waals surface area contributed by atoms with E-state index in [4.69, 9.17) is 5.84 Å². The lowest BCUT2D eigenvalue weighted by atomic mass is 10.1. The van der Waals surface area contributed by atoms with E-state index in [-0.39, 0.29) is 35.4 Å². The minimum atomic E-state index is -0.634. The second kappa shape index (κ2) is 7.20. The summed E-state index contributed by atoms with van der Waals surface area (Å²) in [6.07, 6.45) is 0. The number of rotatable bonds is 6. The maximum absolute atomic E-state index is 12.0. The van der Waals surface area contributed by atoms with Gasteiger partial charge in [-0.25, -0.2) is 0 Å². The Labute approximate surface area is 121 Å². The van der Waals surface area contributed by atoms with Crippen molar-refractivity contribution in [1.29, 1.82) is 0 Å². The predicted octanol–water partition coefficient (Wildman–Crippen LogP) is 0.135. The lowest BCUT2D eigenvalue weighted by Gasteiger charge is -2.11. The predicted molar refractivity (Wildman–Crippen MR) is 76.5 cm³/mol. The first-order valence-electron chi connectivity index (χ1n) is 6.17. The van der Waals surface area contributed by atoms with E-state index in [1.165, 1.54) is 12.1 Å². The molecule has 0 aliphatic rings. The molecule has 21 heavy (non-hydrogen) atoms. The Morgan fingerprint density at radius 3 is 2.57 bits per heavy atom. The van der Waals surface area contributed by atoms with Gasteiger partial charge < -0.3 is 16.1 Å². The van der Waals surface area contributed by atoms with Gasteiger partial charge in [-0.15, -0.1) is 0 Å². The van der Waals surface area contributed by atoms with Gasteiger partial charge in [0, 0.05) is 18.2 Å². The highest BCUT2D eigenvalue weighted by Crippen LogP contribution is 2.21. The van der Waals surface area contributed by atoms with Crippen molar-refractivity contribution in [3.05, 3.63) is 33.9 Å². The van der Waals surface area contributed by atoms with Crippen LogP contribution < -0.4 is 21.9 Å². The molecule has 0 spiro atoms. The van der Waals surface area contributed by atoms with Gasteiger partial charge in [0.05, 0.1) is 22.7 Å². The van der Waals surface area contributed by atoms with Crippen LogP contribution in [0.2, 0.25) is 0 Å². The molecule has 0 aromatic heterocycles. The molecule has 114 valence electrons. The number of nitrogen functional groups attached to an aromatic ring is 1. The fraction of sp³-hybridized carbons (Fsp3) is 0.333. The zero-order chi connectivity index (χ0) is 16.0. The first-order valence-corrected chi connectivity index (χ1v) is 6.17. The number of hydrogen-bond acceptors (Lipinski definition) is 6. The van der Waals surface area contributed by atoms with Crippen molar-refractivity contribution in [2.24, 2.45) is 5.84 Å². The number of amides is 2. The van der Waals surface area contributed by atoms with Crippen LogP contribution in [0.1, 0.15) is 24.2 Å². The number of non-ortho nitro benzene ring substituents is 1. The summed E-state index contributed by atoms with van der Waals surface area (Å²) in [7, 11) is 0. The number of nitro groups is 1. The number of hydrogen-bond donors (Lipinski definition) is 4. The first kappa shape index (κ1) is 16.4. The van der Waals surface area contributed by atoms with Gasteiger partial charge in [-0.3, -0.25) is 25.5 Å². The Bertz CT molecular complexity index is 559. The third-order valence-electron chi connectivity index (χ3n) is 2.47. The van der Waals surface area contributed by atoms with Crippen LogP contribution in [-0.4, -0.2) is 29.3 Å². The van der Waals surface area contributed by atoms with E-state index in [2.05, 4.69) is 16.1 Å². The smallest absolute Gasteiger partial charge is 0.270 e. The van der Waals surface area contributed by atoms with Crippen LogP contribution >= 0.6 is 0 Å². The summed E-state index contributed by atoms with van der Waals surface area (Å²) in [6, 6.07) is 3.58. The standard InChI is InChI=1S/C12H17N5O4/c1-7(2)15-11(18)6-14-12(19)9-5-8(17(20)21)3-4-10(9)16-13/h3-5,7,16H,6,13H2,1-2H3,(H,14,19)(H,15,18). The Morgan fingerprint density at radius 1 is 1.38 bits per heavy atom. The number of hydrazine groups is 1. The SMILES string of the molecule is CC(C)NC(=O)CNC(=O)c1cc([N+](=O)[O-])ccc1NN. The third-order valence-corrected chi connectivity index (χ3v) is 2.47. The molecular weight excluding hydrogens is 278 g/mol. The number of benzene rings is 1. The normalized spacial score (nSPS) is 10.1. The first-order chi connectivity index (χ1) is 9.85. The molecule has 0 bridgehead atoms. The zero-order valence-corrected chi connectivity index (χ0v) is 11.7. The molecule has 0 heterocycles. The van der Waals surface area contributed by atoms with E-state index in [1.54, 1.807) is 13.8 Å². The van der Waals surface area contributed by atoms with Gasteiger partial charge in [0.25, 0.3) is 11.6 Å². The van der Waals surface area contributed by atoms with Gasteiger partial charge in [0.15, 0.2) is 0 Å². The van der Waals surface area contributed by atoms with E-state index < -0.39 is 10.8 Å². The van der Waals surface area contributed by atoms with Crippen molar-refractivity contribution in [2.45, 2.75) is 19.9 Å². The molecule has 0 aliphatic heterocycles. The van der Waals surface area contributed by atoms with Crippen molar-refractivity contribution in [2.75, 3.05) is 12.0 Å². The topological polar surface area (TPSA) is 139 Å². The summed E-state index contributed by atoms with van der Waals surface area (Å²) in [6.45, 7) is 3.34. The van der Waals surface area contributed by atoms with Crippen LogP contribution in [0, 0.1) is 10.1 Å². The number of nitrogens with one attached hydrogen (secondary N) is 3. The van der Waals surface area contributed by atoms with Crippen molar-refractivity contribution in [3.8, 4) is 0 Å². The van der Waals surface area contributed by atoms with Gasteiger partial charge >= 0.3 is 0 Å². The van der Waals surface area contributed by atoms with Crippen LogP contribution in [0.5, 0.6) is 0 Å². The molecular formula is C12H17N5O4.